The average Bonchev–Trinajstić information content (AvgIpc) is 2.46. The summed E-state index contributed by atoms with van der Waals surface area (Å²) in [4.78, 5) is 0. The van der Waals surface area contributed by atoms with E-state index >= 15 is 0 Å². The number of hydrogen-bond acceptors (Lipinski definition) is 0. The summed E-state index contributed by atoms with van der Waals surface area (Å²) >= 11 is 0. The van der Waals surface area contributed by atoms with Crippen LogP contribution in [0.15, 0.2) is 48.5 Å². The first-order chi connectivity index (χ1) is 9.77. The number of hydrogen-bond donors (Lipinski definition) is 0. The molecular weight excluding hydrogens is 240 g/mol. The fraction of sp³-hybridized carbons (Fsp3) is 0.400. The van der Waals surface area contributed by atoms with Crippen molar-refractivity contribution in [1.29, 1.82) is 0 Å². The molecular formula is C20H26. The van der Waals surface area contributed by atoms with Crippen molar-refractivity contribution in [1.82, 2.24) is 0 Å². The van der Waals surface area contributed by atoms with Crippen molar-refractivity contribution in [2.45, 2.75) is 52.4 Å². The van der Waals surface area contributed by atoms with Crippen molar-refractivity contribution in [3.05, 3.63) is 70.8 Å². The molecule has 0 heteroatoms. The van der Waals surface area contributed by atoms with E-state index in [9.17, 15) is 0 Å². The quantitative estimate of drug-likeness (QED) is 0.568. The van der Waals surface area contributed by atoms with Crippen LogP contribution in [-0.2, 0) is 12.8 Å². The van der Waals surface area contributed by atoms with E-state index in [-0.39, 0.29) is 0 Å². The zero-order valence-electron chi connectivity index (χ0n) is 12.9. The zero-order valence-corrected chi connectivity index (χ0v) is 12.9. The van der Waals surface area contributed by atoms with Crippen molar-refractivity contribution in [3.8, 4) is 0 Å². The minimum atomic E-state index is 1.23. The van der Waals surface area contributed by atoms with Crippen molar-refractivity contribution >= 4 is 0 Å². The van der Waals surface area contributed by atoms with Crippen LogP contribution < -0.4 is 0 Å². The summed E-state index contributed by atoms with van der Waals surface area (Å²) in [5, 5.41) is 0. The molecule has 0 nitrogen and oxygen atoms in total. The van der Waals surface area contributed by atoms with Crippen LogP contribution >= 0.6 is 0 Å². The van der Waals surface area contributed by atoms with Crippen LogP contribution in [0.5, 0.6) is 0 Å². The van der Waals surface area contributed by atoms with Crippen molar-refractivity contribution in [2.75, 3.05) is 0 Å². The molecule has 0 aromatic heterocycles. The molecule has 0 aliphatic heterocycles. The van der Waals surface area contributed by atoms with Crippen LogP contribution in [0.25, 0.3) is 0 Å². The molecule has 0 spiro atoms. The number of unbranched alkanes of at least 4 members (excludes halogenated alkanes) is 3. The Hall–Kier alpha value is -1.56. The lowest BCUT2D eigenvalue weighted by Crippen LogP contribution is -1.92. The molecule has 0 fully saturated rings. The van der Waals surface area contributed by atoms with Gasteiger partial charge in [0.1, 0.15) is 0 Å². The monoisotopic (exact) mass is 266 g/mol. The van der Waals surface area contributed by atoms with Gasteiger partial charge in [-0.2, -0.15) is 0 Å². The maximum absolute atomic E-state index is 2.27. The first-order valence-electron chi connectivity index (χ1n) is 7.86. The predicted molar refractivity (Wildman–Crippen MR) is 88.2 cm³/mol. The molecule has 0 heterocycles. The molecule has 2 aromatic carbocycles. The summed E-state index contributed by atoms with van der Waals surface area (Å²) in [6, 6.07) is 17.5. The maximum atomic E-state index is 2.27. The van der Waals surface area contributed by atoms with E-state index < -0.39 is 0 Å². The Morgan fingerprint density at radius 2 is 0.950 bits per heavy atom. The highest BCUT2D eigenvalue weighted by Crippen LogP contribution is 2.14. The number of aryl methyl sites for hydroxylation is 4. The van der Waals surface area contributed by atoms with E-state index in [4.69, 9.17) is 0 Å². The highest BCUT2D eigenvalue weighted by atomic mass is 14.0. The summed E-state index contributed by atoms with van der Waals surface area (Å²) in [5.41, 5.74) is 5.91. The summed E-state index contributed by atoms with van der Waals surface area (Å²) in [7, 11) is 0. The molecule has 0 radical (unpaired) electrons. The highest BCUT2D eigenvalue weighted by Gasteiger charge is 1.99. The topological polar surface area (TPSA) is 0 Å². The first kappa shape index (κ1) is 14.8. The van der Waals surface area contributed by atoms with Crippen LogP contribution in [0.4, 0.5) is 0 Å². The lowest BCUT2D eigenvalue weighted by atomic mass is 9.99. The van der Waals surface area contributed by atoms with Crippen LogP contribution in [0, 0.1) is 13.8 Å². The second-order valence-corrected chi connectivity index (χ2v) is 5.77. The Kier molecular flexibility index (Phi) is 5.86. The van der Waals surface area contributed by atoms with Gasteiger partial charge in [-0.1, -0.05) is 61.4 Å². The molecule has 2 rings (SSSR count). The lowest BCUT2D eigenvalue weighted by Gasteiger charge is -2.07. The summed E-state index contributed by atoms with van der Waals surface area (Å²) < 4.78 is 0. The van der Waals surface area contributed by atoms with E-state index in [2.05, 4.69) is 62.4 Å². The molecule has 20 heavy (non-hydrogen) atoms. The molecule has 0 bridgehead atoms. The van der Waals surface area contributed by atoms with Gasteiger partial charge in [-0.3, -0.25) is 0 Å². The fourth-order valence-electron chi connectivity index (χ4n) is 2.77. The molecule has 0 aliphatic carbocycles. The largest absolute Gasteiger partial charge is 0.0620 e. The number of benzene rings is 2. The third-order valence-corrected chi connectivity index (χ3v) is 4.16. The smallest absolute Gasteiger partial charge is 0.0276 e. The minimum Gasteiger partial charge on any atom is -0.0620 e. The van der Waals surface area contributed by atoms with Gasteiger partial charge in [0.25, 0.3) is 0 Å². The van der Waals surface area contributed by atoms with E-state index in [0.717, 1.165) is 0 Å². The Labute approximate surface area is 123 Å². The average molecular weight is 266 g/mol. The molecule has 0 saturated carbocycles. The van der Waals surface area contributed by atoms with Crippen LogP contribution in [0.2, 0.25) is 0 Å². The third-order valence-electron chi connectivity index (χ3n) is 4.16. The Balaban J connectivity index is 1.63. The van der Waals surface area contributed by atoms with Crippen LogP contribution in [-0.4, -0.2) is 0 Å². The second-order valence-electron chi connectivity index (χ2n) is 5.77. The summed E-state index contributed by atoms with van der Waals surface area (Å²) in [6.45, 7) is 4.43. The van der Waals surface area contributed by atoms with E-state index in [1.165, 1.54) is 60.8 Å². The second kappa shape index (κ2) is 7.89. The number of rotatable bonds is 7. The van der Waals surface area contributed by atoms with Crippen molar-refractivity contribution in [3.63, 3.8) is 0 Å². The maximum Gasteiger partial charge on any atom is -0.0276 e. The first-order valence-corrected chi connectivity index (χ1v) is 7.86. The van der Waals surface area contributed by atoms with E-state index in [1.807, 2.05) is 0 Å². The lowest BCUT2D eigenvalue weighted by molar-refractivity contribution is 0.639. The molecule has 0 unspecified atom stereocenters. The predicted octanol–water partition coefficient (Wildman–Crippen LogP) is 5.65. The zero-order chi connectivity index (χ0) is 14.2. The minimum absolute atomic E-state index is 1.23. The van der Waals surface area contributed by atoms with Crippen LogP contribution in [0.3, 0.4) is 0 Å². The molecule has 106 valence electrons. The van der Waals surface area contributed by atoms with Crippen molar-refractivity contribution in [2.24, 2.45) is 0 Å². The molecule has 0 aliphatic rings. The molecule has 2 aromatic rings. The van der Waals surface area contributed by atoms with Crippen LogP contribution in [0.1, 0.15) is 47.9 Å². The Bertz CT molecular complexity index is 476. The third kappa shape index (κ3) is 4.52. The Morgan fingerprint density at radius 3 is 1.35 bits per heavy atom. The van der Waals surface area contributed by atoms with Gasteiger partial charge in [0.15, 0.2) is 0 Å². The summed E-state index contributed by atoms with van der Waals surface area (Å²) in [6.07, 6.45) is 7.80. The highest BCUT2D eigenvalue weighted by molar-refractivity contribution is 5.26. The van der Waals surface area contributed by atoms with Crippen molar-refractivity contribution < 1.29 is 0 Å². The van der Waals surface area contributed by atoms with Gasteiger partial charge in [-0.15, -0.1) is 0 Å². The van der Waals surface area contributed by atoms with E-state index in [1.54, 1.807) is 0 Å². The van der Waals surface area contributed by atoms with Gasteiger partial charge in [-0.25, -0.2) is 0 Å². The van der Waals surface area contributed by atoms with Gasteiger partial charge in [0.2, 0.25) is 0 Å². The van der Waals surface area contributed by atoms with E-state index in [0.29, 0.717) is 0 Å². The fourth-order valence-corrected chi connectivity index (χ4v) is 2.77. The van der Waals surface area contributed by atoms with Gasteiger partial charge in [-0.05, 0) is 61.8 Å². The molecule has 0 saturated heterocycles. The normalized spacial score (nSPS) is 10.7. The molecule has 0 N–H and O–H groups in total. The van der Waals surface area contributed by atoms with Gasteiger partial charge in [0, 0.05) is 0 Å². The molecule has 0 amide bonds. The molecule has 0 atom stereocenters. The standard InChI is InChI=1S/C20H26/c1-17-11-7-9-15-19(17)13-5-3-4-6-14-20-16-10-8-12-18(20)2/h7-12,15-16H,3-6,13-14H2,1-2H3. The van der Waals surface area contributed by atoms with Gasteiger partial charge < -0.3 is 0 Å². The Morgan fingerprint density at radius 1 is 0.550 bits per heavy atom. The SMILES string of the molecule is Cc1ccccc1CCCCCCc1ccccc1C. The summed E-state index contributed by atoms with van der Waals surface area (Å²) in [5.74, 6) is 0. The van der Waals surface area contributed by atoms with Gasteiger partial charge >= 0.3 is 0 Å². The van der Waals surface area contributed by atoms with Gasteiger partial charge in [0.05, 0.1) is 0 Å².